The molecule has 21 heavy (non-hydrogen) atoms. The van der Waals surface area contributed by atoms with Gasteiger partial charge in [0, 0.05) is 23.2 Å². The summed E-state index contributed by atoms with van der Waals surface area (Å²) in [6.07, 6.45) is 9.22. The highest BCUT2D eigenvalue weighted by molar-refractivity contribution is 6.31. The Labute approximate surface area is 131 Å². The topological polar surface area (TPSA) is 70.6 Å². The fourth-order valence-corrected chi connectivity index (χ4v) is 3.07. The number of amidine groups is 1. The molecule has 0 aliphatic heterocycles. The molecule has 2 rings (SSSR count). The first-order chi connectivity index (χ1) is 10.2. The Balaban J connectivity index is 1.93. The molecule has 1 fully saturated rings. The average Bonchev–Trinajstić information content (AvgIpc) is 2.46. The number of nitrogens with zero attached hydrogens (tertiary/aromatic N) is 1. The second-order valence-corrected chi connectivity index (χ2v) is 6.12. The Kier molecular flexibility index (Phi) is 6.33. The van der Waals surface area contributed by atoms with Crippen LogP contribution in [-0.2, 0) is 6.54 Å². The summed E-state index contributed by atoms with van der Waals surface area (Å²) in [5.41, 5.74) is 7.25. The first-order valence-corrected chi connectivity index (χ1v) is 8.08. The maximum Gasteiger partial charge on any atom is 0.170 e. The van der Waals surface area contributed by atoms with Crippen LogP contribution in [-0.4, -0.2) is 17.1 Å². The van der Waals surface area contributed by atoms with Gasteiger partial charge in [-0.1, -0.05) is 61.0 Å². The van der Waals surface area contributed by atoms with Crippen LogP contribution in [0.4, 0.5) is 0 Å². The molecule has 1 aromatic rings. The number of hydrogen-bond acceptors (Lipinski definition) is 3. The van der Waals surface area contributed by atoms with Gasteiger partial charge in [0.2, 0.25) is 0 Å². The predicted molar refractivity (Wildman–Crippen MR) is 86.9 cm³/mol. The third-order valence-electron chi connectivity index (χ3n) is 4.14. The number of nitrogens with one attached hydrogen (secondary N) is 1. The minimum Gasteiger partial charge on any atom is -0.409 e. The van der Waals surface area contributed by atoms with Gasteiger partial charge in [0.1, 0.15) is 0 Å². The lowest BCUT2D eigenvalue weighted by atomic mass is 9.96. The Bertz CT molecular complexity index is 482. The first kappa shape index (κ1) is 16.1. The zero-order valence-electron chi connectivity index (χ0n) is 12.3. The fraction of sp³-hybridized carbons (Fsp3) is 0.562. The van der Waals surface area contributed by atoms with Crippen molar-refractivity contribution in [1.29, 1.82) is 0 Å². The molecule has 0 amide bonds. The van der Waals surface area contributed by atoms with Crippen molar-refractivity contribution in [3.63, 3.8) is 0 Å². The lowest BCUT2D eigenvalue weighted by Gasteiger charge is -2.21. The van der Waals surface area contributed by atoms with Crippen LogP contribution in [0.25, 0.3) is 0 Å². The molecule has 1 aliphatic rings. The highest BCUT2D eigenvalue weighted by atomic mass is 35.5. The minimum atomic E-state index is 0.0800. The molecule has 4 N–H and O–H groups in total. The molecule has 0 spiro atoms. The maximum atomic E-state index is 8.68. The predicted octanol–water partition coefficient (Wildman–Crippen LogP) is 3.64. The van der Waals surface area contributed by atoms with E-state index in [0.717, 1.165) is 12.1 Å². The summed E-state index contributed by atoms with van der Waals surface area (Å²) in [5.74, 6) is 0.0800. The Morgan fingerprint density at radius 1 is 1.24 bits per heavy atom. The summed E-state index contributed by atoms with van der Waals surface area (Å²) < 4.78 is 0. The second kappa shape index (κ2) is 8.25. The monoisotopic (exact) mass is 309 g/mol. The average molecular weight is 310 g/mol. The molecule has 0 radical (unpaired) electrons. The lowest BCUT2D eigenvalue weighted by molar-refractivity contribution is 0.318. The van der Waals surface area contributed by atoms with E-state index in [1.165, 1.54) is 44.9 Å². The lowest BCUT2D eigenvalue weighted by Crippen LogP contribution is -2.29. The Hall–Kier alpha value is -1.26. The van der Waals surface area contributed by atoms with Crippen molar-refractivity contribution in [3.8, 4) is 0 Å². The molecule has 116 valence electrons. The van der Waals surface area contributed by atoms with E-state index in [0.29, 0.717) is 16.6 Å². The smallest absolute Gasteiger partial charge is 0.170 e. The van der Waals surface area contributed by atoms with Gasteiger partial charge in [-0.15, -0.1) is 0 Å². The Morgan fingerprint density at radius 3 is 2.52 bits per heavy atom. The fourth-order valence-electron chi connectivity index (χ4n) is 2.82. The zero-order valence-corrected chi connectivity index (χ0v) is 13.1. The number of rotatable bonds is 4. The minimum absolute atomic E-state index is 0.0800. The normalized spacial score (nSPS) is 18.2. The quantitative estimate of drug-likeness (QED) is 0.344. The SMILES string of the molecule is N/C(=N/O)c1ccc(CNC2CCCCCCC2)c(Cl)c1. The number of nitrogens with two attached hydrogens (primary N) is 1. The molecule has 0 aromatic heterocycles. The molecular formula is C16H24ClN3O. The van der Waals surface area contributed by atoms with Crippen molar-refractivity contribution in [2.45, 2.75) is 57.5 Å². The number of hydrogen-bond donors (Lipinski definition) is 3. The number of benzene rings is 1. The van der Waals surface area contributed by atoms with Crippen LogP contribution in [0.5, 0.6) is 0 Å². The van der Waals surface area contributed by atoms with Gasteiger partial charge in [0.05, 0.1) is 0 Å². The van der Waals surface area contributed by atoms with E-state index in [4.69, 9.17) is 22.5 Å². The second-order valence-electron chi connectivity index (χ2n) is 5.71. The molecule has 1 aliphatic carbocycles. The molecule has 0 saturated heterocycles. The Morgan fingerprint density at radius 2 is 1.90 bits per heavy atom. The molecule has 5 heteroatoms. The molecule has 4 nitrogen and oxygen atoms in total. The van der Waals surface area contributed by atoms with E-state index in [-0.39, 0.29) is 5.84 Å². The van der Waals surface area contributed by atoms with Crippen molar-refractivity contribution in [1.82, 2.24) is 5.32 Å². The van der Waals surface area contributed by atoms with Gasteiger partial charge in [-0.3, -0.25) is 0 Å². The third kappa shape index (κ3) is 4.90. The van der Waals surface area contributed by atoms with E-state index < -0.39 is 0 Å². The maximum absolute atomic E-state index is 8.68. The van der Waals surface area contributed by atoms with E-state index in [2.05, 4.69) is 10.5 Å². The van der Waals surface area contributed by atoms with E-state index >= 15 is 0 Å². The van der Waals surface area contributed by atoms with Crippen LogP contribution in [0.15, 0.2) is 23.4 Å². The van der Waals surface area contributed by atoms with E-state index in [9.17, 15) is 0 Å². The van der Waals surface area contributed by atoms with Gasteiger partial charge < -0.3 is 16.3 Å². The largest absolute Gasteiger partial charge is 0.409 e. The molecule has 0 heterocycles. The van der Waals surface area contributed by atoms with Crippen LogP contribution < -0.4 is 11.1 Å². The zero-order chi connectivity index (χ0) is 15.1. The summed E-state index contributed by atoms with van der Waals surface area (Å²) >= 11 is 6.27. The van der Waals surface area contributed by atoms with Crippen molar-refractivity contribution in [3.05, 3.63) is 34.3 Å². The summed E-state index contributed by atoms with van der Waals surface area (Å²) in [6, 6.07) is 6.10. The van der Waals surface area contributed by atoms with Crippen LogP contribution in [0.2, 0.25) is 5.02 Å². The van der Waals surface area contributed by atoms with Crippen molar-refractivity contribution in [2.24, 2.45) is 10.9 Å². The van der Waals surface area contributed by atoms with Gasteiger partial charge >= 0.3 is 0 Å². The summed E-state index contributed by atoms with van der Waals surface area (Å²) in [7, 11) is 0. The highest BCUT2D eigenvalue weighted by Crippen LogP contribution is 2.20. The van der Waals surface area contributed by atoms with Crippen LogP contribution in [0, 0.1) is 0 Å². The van der Waals surface area contributed by atoms with Crippen LogP contribution in [0.3, 0.4) is 0 Å². The van der Waals surface area contributed by atoms with Gasteiger partial charge in [0.25, 0.3) is 0 Å². The van der Waals surface area contributed by atoms with Gasteiger partial charge in [-0.2, -0.15) is 0 Å². The number of halogens is 1. The first-order valence-electron chi connectivity index (χ1n) is 7.70. The standard InChI is InChI=1S/C16H24ClN3O/c17-15-10-12(16(18)20-21)8-9-13(15)11-19-14-6-4-2-1-3-5-7-14/h8-10,14,19,21H,1-7,11H2,(H2,18,20). The molecule has 0 bridgehead atoms. The van der Waals surface area contributed by atoms with Gasteiger partial charge in [0.15, 0.2) is 5.84 Å². The van der Waals surface area contributed by atoms with Crippen molar-refractivity contribution >= 4 is 17.4 Å². The van der Waals surface area contributed by atoms with Gasteiger partial charge in [-0.25, -0.2) is 0 Å². The third-order valence-corrected chi connectivity index (χ3v) is 4.49. The molecule has 1 aromatic carbocycles. The summed E-state index contributed by atoms with van der Waals surface area (Å²) in [5, 5.41) is 15.9. The van der Waals surface area contributed by atoms with Gasteiger partial charge in [-0.05, 0) is 24.5 Å². The van der Waals surface area contributed by atoms with Crippen molar-refractivity contribution < 1.29 is 5.21 Å². The van der Waals surface area contributed by atoms with E-state index in [1.807, 2.05) is 12.1 Å². The molecule has 1 saturated carbocycles. The van der Waals surface area contributed by atoms with E-state index in [1.54, 1.807) is 6.07 Å². The summed E-state index contributed by atoms with van der Waals surface area (Å²) in [4.78, 5) is 0. The van der Waals surface area contributed by atoms with Crippen LogP contribution in [0.1, 0.15) is 56.1 Å². The number of oxime groups is 1. The summed E-state index contributed by atoms with van der Waals surface area (Å²) in [6.45, 7) is 0.764. The van der Waals surface area contributed by atoms with Crippen LogP contribution >= 0.6 is 11.6 Å². The molecule has 0 unspecified atom stereocenters. The van der Waals surface area contributed by atoms with Crippen molar-refractivity contribution in [2.75, 3.05) is 0 Å². The highest BCUT2D eigenvalue weighted by Gasteiger charge is 2.12. The molecular weight excluding hydrogens is 286 g/mol. The molecule has 0 atom stereocenters.